The molecule has 2 N–H and O–H groups in total. The quantitative estimate of drug-likeness (QED) is 0.827. The molecule has 2 aliphatic heterocycles. The van der Waals surface area contributed by atoms with Crippen LogP contribution in [0.2, 0.25) is 0 Å². The van der Waals surface area contributed by atoms with Gasteiger partial charge in [0.15, 0.2) is 0 Å². The van der Waals surface area contributed by atoms with Crippen LogP contribution in [0, 0.1) is 5.92 Å². The molecule has 0 aromatic heterocycles. The number of likely N-dealkylation sites (N-methyl/N-ethyl adjacent to an activating group) is 1. The van der Waals surface area contributed by atoms with E-state index in [1.54, 1.807) is 7.05 Å². The fourth-order valence-corrected chi connectivity index (χ4v) is 3.79. The van der Waals surface area contributed by atoms with E-state index in [0.717, 1.165) is 50.1 Å². The molecule has 4 amide bonds. The number of likely N-dealkylation sites (tertiary alicyclic amines) is 2. The number of piperidine rings is 1. The van der Waals surface area contributed by atoms with E-state index in [2.05, 4.69) is 10.6 Å². The molecule has 1 aromatic carbocycles. The van der Waals surface area contributed by atoms with Crippen LogP contribution in [0.4, 0.5) is 10.5 Å². The third kappa shape index (κ3) is 5.21. The SMILES string of the molecule is CNC(=O)Cc1ccc(NC(=O)N2CCC[C@H](CN3CCCC3=O)C2)cc1. The van der Waals surface area contributed by atoms with E-state index in [1.807, 2.05) is 34.1 Å². The molecule has 0 aliphatic carbocycles. The van der Waals surface area contributed by atoms with Crippen molar-refractivity contribution in [1.82, 2.24) is 15.1 Å². The lowest BCUT2D eigenvalue weighted by molar-refractivity contribution is -0.128. The smallest absolute Gasteiger partial charge is 0.321 e. The van der Waals surface area contributed by atoms with Crippen molar-refractivity contribution in [3.63, 3.8) is 0 Å². The Bertz CT molecular complexity index is 689. The molecule has 2 heterocycles. The van der Waals surface area contributed by atoms with Crippen LogP contribution in [0.1, 0.15) is 31.2 Å². The predicted molar refractivity (Wildman–Crippen MR) is 103 cm³/mol. The fraction of sp³-hybridized carbons (Fsp3) is 0.550. The van der Waals surface area contributed by atoms with Crippen LogP contribution in [-0.2, 0) is 16.0 Å². The number of hydrogen-bond donors (Lipinski definition) is 2. The molecule has 146 valence electrons. The van der Waals surface area contributed by atoms with E-state index in [0.29, 0.717) is 25.3 Å². The van der Waals surface area contributed by atoms with Crippen molar-refractivity contribution in [2.75, 3.05) is 38.5 Å². The monoisotopic (exact) mass is 372 g/mol. The highest BCUT2D eigenvalue weighted by Crippen LogP contribution is 2.21. The highest BCUT2D eigenvalue weighted by molar-refractivity contribution is 5.89. The Labute approximate surface area is 160 Å². The summed E-state index contributed by atoms with van der Waals surface area (Å²) in [6.07, 6.45) is 3.96. The maximum atomic E-state index is 12.6. The van der Waals surface area contributed by atoms with E-state index in [4.69, 9.17) is 0 Å². The minimum Gasteiger partial charge on any atom is -0.359 e. The van der Waals surface area contributed by atoms with Gasteiger partial charge in [-0.05, 0) is 42.9 Å². The molecular weight excluding hydrogens is 344 g/mol. The lowest BCUT2D eigenvalue weighted by atomic mass is 9.97. The number of carbonyl (C=O) groups is 3. The highest BCUT2D eigenvalue weighted by Gasteiger charge is 2.28. The van der Waals surface area contributed by atoms with Gasteiger partial charge in [0.25, 0.3) is 0 Å². The van der Waals surface area contributed by atoms with Crippen molar-refractivity contribution in [3.8, 4) is 0 Å². The number of amides is 4. The second-order valence-corrected chi connectivity index (χ2v) is 7.37. The maximum absolute atomic E-state index is 12.6. The first-order valence-electron chi connectivity index (χ1n) is 9.68. The van der Waals surface area contributed by atoms with E-state index >= 15 is 0 Å². The summed E-state index contributed by atoms with van der Waals surface area (Å²) in [5.41, 5.74) is 1.62. The molecule has 0 saturated carbocycles. The van der Waals surface area contributed by atoms with E-state index in [1.165, 1.54) is 0 Å². The number of benzene rings is 1. The van der Waals surface area contributed by atoms with Crippen LogP contribution in [0.15, 0.2) is 24.3 Å². The van der Waals surface area contributed by atoms with Crippen LogP contribution < -0.4 is 10.6 Å². The zero-order valence-electron chi connectivity index (χ0n) is 15.9. The summed E-state index contributed by atoms with van der Waals surface area (Å²) in [7, 11) is 1.61. The van der Waals surface area contributed by atoms with Crippen LogP contribution in [-0.4, -0.2) is 60.9 Å². The highest BCUT2D eigenvalue weighted by atomic mass is 16.2. The average Bonchev–Trinajstić information content (AvgIpc) is 3.08. The van der Waals surface area contributed by atoms with Crippen molar-refractivity contribution in [1.29, 1.82) is 0 Å². The number of anilines is 1. The molecule has 0 radical (unpaired) electrons. The molecule has 2 saturated heterocycles. The third-order valence-corrected chi connectivity index (χ3v) is 5.30. The summed E-state index contributed by atoms with van der Waals surface area (Å²) in [6, 6.07) is 7.23. The van der Waals surface area contributed by atoms with Crippen LogP contribution in [0.25, 0.3) is 0 Å². The largest absolute Gasteiger partial charge is 0.359 e. The molecule has 7 heteroatoms. The lowest BCUT2D eigenvalue weighted by Crippen LogP contribution is -2.45. The van der Waals surface area contributed by atoms with Gasteiger partial charge < -0.3 is 20.4 Å². The van der Waals surface area contributed by atoms with Crippen LogP contribution >= 0.6 is 0 Å². The van der Waals surface area contributed by atoms with Gasteiger partial charge in [0, 0.05) is 45.3 Å². The Morgan fingerprint density at radius 2 is 1.93 bits per heavy atom. The fourth-order valence-electron chi connectivity index (χ4n) is 3.79. The van der Waals surface area contributed by atoms with Crippen molar-refractivity contribution in [2.45, 2.75) is 32.1 Å². The van der Waals surface area contributed by atoms with Crippen LogP contribution in [0.5, 0.6) is 0 Å². The maximum Gasteiger partial charge on any atom is 0.321 e. The Hall–Kier alpha value is -2.57. The van der Waals surface area contributed by atoms with Gasteiger partial charge in [-0.2, -0.15) is 0 Å². The Kier molecular flexibility index (Phi) is 6.32. The zero-order valence-corrected chi connectivity index (χ0v) is 15.9. The number of nitrogens with zero attached hydrogens (tertiary/aromatic N) is 2. The molecular formula is C20H28N4O3. The topological polar surface area (TPSA) is 81.8 Å². The van der Waals surface area contributed by atoms with Gasteiger partial charge in [-0.15, -0.1) is 0 Å². The first kappa shape index (κ1) is 19.2. The molecule has 1 aromatic rings. The van der Waals surface area contributed by atoms with Gasteiger partial charge in [0.2, 0.25) is 11.8 Å². The van der Waals surface area contributed by atoms with E-state index in [-0.39, 0.29) is 17.8 Å². The molecule has 1 atom stereocenters. The number of urea groups is 1. The van der Waals surface area contributed by atoms with Crippen molar-refractivity contribution in [3.05, 3.63) is 29.8 Å². The van der Waals surface area contributed by atoms with Gasteiger partial charge in [0.05, 0.1) is 6.42 Å². The normalized spacial score (nSPS) is 19.9. The summed E-state index contributed by atoms with van der Waals surface area (Å²) in [6.45, 7) is 3.04. The number of rotatable bonds is 5. The van der Waals surface area contributed by atoms with Crippen molar-refractivity contribution < 1.29 is 14.4 Å². The molecule has 0 bridgehead atoms. The van der Waals surface area contributed by atoms with Crippen LogP contribution in [0.3, 0.4) is 0 Å². The number of hydrogen-bond acceptors (Lipinski definition) is 3. The Morgan fingerprint density at radius 3 is 2.59 bits per heavy atom. The number of nitrogens with one attached hydrogen (secondary N) is 2. The molecule has 2 fully saturated rings. The third-order valence-electron chi connectivity index (χ3n) is 5.30. The van der Waals surface area contributed by atoms with E-state index < -0.39 is 0 Å². The summed E-state index contributed by atoms with van der Waals surface area (Å²) in [5, 5.41) is 5.53. The minimum atomic E-state index is -0.105. The summed E-state index contributed by atoms with van der Waals surface area (Å²) < 4.78 is 0. The molecule has 0 unspecified atom stereocenters. The Morgan fingerprint density at radius 1 is 1.15 bits per heavy atom. The Balaban J connectivity index is 1.51. The zero-order chi connectivity index (χ0) is 19.2. The summed E-state index contributed by atoms with van der Waals surface area (Å²) in [4.78, 5) is 39.6. The van der Waals surface area contributed by atoms with Crippen molar-refractivity contribution >= 4 is 23.5 Å². The van der Waals surface area contributed by atoms with Gasteiger partial charge >= 0.3 is 6.03 Å². The lowest BCUT2D eigenvalue weighted by Gasteiger charge is -2.34. The minimum absolute atomic E-state index is 0.0392. The molecule has 0 spiro atoms. The molecule has 2 aliphatic rings. The first-order valence-corrected chi connectivity index (χ1v) is 9.68. The molecule has 27 heavy (non-hydrogen) atoms. The molecule has 3 rings (SSSR count). The second kappa shape index (κ2) is 8.88. The van der Waals surface area contributed by atoms with Crippen molar-refractivity contribution in [2.24, 2.45) is 5.92 Å². The van der Waals surface area contributed by atoms with Gasteiger partial charge in [0.1, 0.15) is 0 Å². The van der Waals surface area contributed by atoms with Gasteiger partial charge in [-0.1, -0.05) is 12.1 Å². The molecule has 7 nitrogen and oxygen atoms in total. The average molecular weight is 372 g/mol. The summed E-state index contributed by atoms with van der Waals surface area (Å²) in [5.74, 6) is 0.553. The second-order valence-electron chi connectivity index (χ2n) is 7.37. The standard InChI is InChI=1S/C20H28N4O3/c1-21-18(25)12-15-6-8-17(9-7-15)22-20(27)24-11-2-4-16(14-24)13-23-10-3-5-19(23)26/h6-9,16H,2-5,10-14H2,1H3,(H,21,25)(H,22,27)/t16-/m1/s1. The predicted octanol–water partition coefficient (Wildman–Crippen LogP) is 1.84. The summed E-state index contributed by atoms with van der Waals surface area (Å²) >= 11 is 0. The number of carbonyl (C=O) groups excluding carboxylic acids is 3. The first-order chi connectivity index (χ1) is 13.0. The van der Waals surface area contributed by atoms with E-state index in [9.17, 15) is 14.4 Å². The van der Waals surface area contributed by atoms with Gasteiger partial charge in [-0.25, -0.2) is 4.79 Å². The van der Waals surface area contributed by atoms with Gasteiger partial charge in [-0.3, -0.25) is 9.59 Å².